The largest absolute Gasteiger partial charge is 0.481 e. The molecule has 3 nitrogen and oxygen atoms in total. The van der Waals surface area contributed by atoms with Gasteiger partial charge in [0.15, 0.2) is 0 Å². The molecule has 0 unspecified atom stereocenters. The molecule has 1 aromatic rings. The lowest BCUT2D eigenvalue weighted by Gasteiger charge is -2.19. The molecule has 0 fully saturated rings. The molecule has 88 valence electrons. The average Bonchev–Trinajstić information content (AvgIpc) is 2.30. The van der Waals surface area contributed by atoms with E-state index in [2.05, 4.69) is 0 Å². The van der Waals surface area contributed by atoms with Gasteiger partial charge in [0.25, 0.3) is 0 Å². The Hall–Kier alpha value is -2.08. The minimum absolute atomic E-state index is 0.377. The molecule has 0 aliphatic rings. The van der Waals surface area contributed by atoms with E-state index in [0.29, 0.717) is 6.42 Å². The zero-order valence-corrected chi connectivity index (χ0v) is 9.97. The predicted octanol–water partition coefficient (Wildman–Crippen LogP) is 2.98. The first-order chi connectivity index (χ1) is 7.98. The van der Waals surface area contributed by atoms with E-state index in [9.17, 15) is 4.79 Å². The Labute approximate surface area is 101 Å². The number of rotatable bonds is 4. The average molecular weight is 229 g/mol. The van der Waals surface area contributed by atoms with Crippen LogP contribution in [-0.2, 0) is 10.2 Å². The Morgan fingerprint density at radius 2 is 2.00 bits per heavy atom. The SMILES string of the molecule is CC(C)(C(=O)O)c1ccc(C=CCC#N)cc1. The summed E-state index contributed by atoms with van der Waals surface area (Å²) in [5, 5.41) is 17.5. The van der Waals surface area contributed by atoms with Crippen LogP contribution in [0.15, 0.2) is 30.3 Å². The molecule has 3 heteroatoms. The molecule has 0 saturated heterocycles. The third kappa shape index (κ3) is 3.18. The minimum Gasteiger partial charge on any atom is -0.481 e. The van der Waals surface area contributed by atoms with Crippen molar-refractivity contribution in [3.63, 3.8) is 0 Å². The zero-order valence-electron chi connectivity index (χ0n) is 9.97. The van der Waals surface area contributed by atoms with E-state index < -0.39 is 11.4 Å². The molecule has 1 aromatic carbocycles. The fourth-order valence-corrected chi connectivity index (χ4v) is 1.38. The normalized spacial score (nSPS) is 11.4. The summed E-state index contributed by atoms with van der Waals surface area (Å²) < 4.78 is 0. The molecule has 0 atom stereocenters. The third-order valence-corrected chi connectivity index (χ3v) is 2.69. The van der Waals surface area contributed by atoms with Gasteiger partial charge in [-0.2, -0.15) is 5.26 Å². The van der Waals surface area contributed by atoms with E-state index in [1.165, 1.54) is 0 Å². The molecule has 0 aliphatic heterocycles. The molecule has 0 radical (unpaired) electrons. The Morgan fingerprint density at radius 3 is 2.47 bits per heavy atom. The molecule has 0 spiro atoms. The summed E-state index contributed by atoms with van der Waals surface area (Å²) in [6, 6.07) is 9.35. The number of carbonyl (C=O) groups is 1. The minimum atomic E-state index is -0.880. The number of hydrogen-bond donors (Lipinski definition) is 1. The van der Waals surface area contributed by atoms with Crippen molar-refractivity contribution in [1.82, 2.24) is 0 Å². The maximum absolute atomic E-state index is 11.1. The highest BCUT2D eigenvalue weighted by atomic mass is 16.4. The van der Waals surface area contributed by atoms with Gasteiger partial charge in [-0.1, -0.05) is 36.4 Å². The summed E-state index contributed by atoms with van der Waals surface area (Å²) in [4.78, 5) is 11.1. The Kier molecular flexibility index (Phi) is 4.06. The zero-order chi connectivity index (χ0) is 12.9. The van der Waals surface area contributed by atoms with Crippen molar-refractivity contribution in [3.8, 4) is 6.07 Å². The molecule has 1 rings (SSSR count). The second-order valence-corrected chi connectivity index (χ2v) is 4.32. The Bertz CT molecular complexity index is 464. The second-order valence-electron chi connectivity index (χ2n) is 4.32. The van der Waals surface area contributed by atoms with E-state index in [1.54, 1.807) is 32.1 Å². The second kappa shape index (κ2) is 5.31. The lowest BCUT2D eigenvalue weighted by Crippen LogP contribution is -2.28. The van der Waals surface area contributed by atoms with Crippen LogP contribution in [0, 0.1) is 11.3 Å². The van der Waals surface area contributed by atoms with E-state index in [0.717, 1.165) is 11.1 Å². The van der Waals surface area contributed by atoms with Gasteiger partial charge in [-0.15, -0.1) is 0 Å². The summed E-state index contributed by atoms with van der Waals surface area (Å²) >= 11 is 0. The molecular formula is C14H15NO2. The quantitative estimate of drug-likeness (QED) is 0.863. The first-order valence-corrected chi connectivity index (χ1v) is 5.36. The number of aliphatic carboxylic acids is 1. The van der Waals surface area contributed by atoms with Crippen LogP contribution in [0.25, 0.3) is 6.08 Å². The Morgan fingerprint density at radius 1 is 1.41 bits per heavy atom. The van der Waals surface area contributed by atoms with Gasteiger partial charge in [0.1, 0.15) is 0 Å². The smallest absolute Gasteiger partial charge is 0.313 e. The summed E-state index contributed by atoms with van der Waals surface area (Å²) in [7, 11) is 0. The van der Waals surface area contributed by atoms with Crippen molar-refractivity contribution in [2.75, 3.05) is 0 Å². The summed E-state index contributed by atoms with van der Waals surface area (Å²) in [5.74, 6) is -0.842. The van der Waals surface area contributed by atoms with Crippen LogP contribution < -0.4 is 0 Å². The summed E-state index contributed by atoms with van der Waals surface area (Å²) in [6.45, 7) is 3.35. The lowest BCUT2D eigenvalue weighted by atomic mass is 9.84. The topological polar surface area (TPSA) is 61.1 Å². The van der Waals surface area contributed by atoms with E-state index in [4.69, 9.17) is 10.4 Å². The van der Waals surface area contributed by atoms with Gasteiger partial charge in [-0.3, -0.25) is 4.79 Å². The Balaban J connectivity index is 2.89. The van der Waals surface area contributed by atoms with Gasteiger partial charge in [0.05, 0.1) is 17.9 Å². The third-order valence-electron chi connectivity index (χ3n) is 2.69. The monoisotopic (exact) mass is 229 g/mol. The van der Waals surface area contributed by atoms with Crippen molar-refractivity contribution >= 4 is 12.0 Å². The molecule has 0 bridgehead atoms. The van der Waals surface area contributed by atoms with Crippen molar-refractivity contribution in [2.45, 2.75) is 25.7 Å². The van der Waals surface area contributed by atoms with Crippen molar-refractivity contribution in [2.24, 2.45) is 0 Å². The van der Waals surface area contributed by atoms with Crippen LogP contribution in [0.2, 0.25) is 0 Å². The summed E-state index contributed by atoms with van der Waals surface area (Å²) in [6.07, 6.45) is 4.00. The van der Waals surface area contributed by atoms with E-state index in [-0.39, 0.29) is 0 Å². The number of allylic oxidation sites excluding steroid dienone is 1. The van der Waals surface area contributed by atoms with Crippen molar-refractivity contribution in [1.29, 1.82) is 5.26 Å². The highest BCUT2D eigenvalue weighted by Crippen LogP contribution is 2.23. The van der Waals surface area contributed by atoms with Crippen molar-refractivity contribution in [3.05, 3.63) is 41.5 Å². The number of benzene rings is 1. The number of carboxylic acids is 1. The highest BCUT2D eigenvalue weighted by Gasteiger charge is 2.28. The van der Waals surface area contributed by atoms with Gasteiger partial charge >= 0.3 is 5.97 Å². The first kappa shape index (κ1) is 13.0. The van der Waals surface area contributed by atoms with Crippen LogP contribution in [-0.4, -0.2) is 11.1 Å². The fraction of sp³-hybridized carbons (Fsp3) is 0.286. The summed E-state index contributed by atoms with van der Waals surface area (Å²) in [5.41, 5.74) is 0.849. The standard InChI is InChI=1S/C14H15NO2/c1-14(2,13(16)17)12-8-6-11(7-9-12)5-3-4-10-15/h3,5-9H,4H2,1-2H3,(H,16,17). The van der Waals surface area contributed by atoms with Gasteiger partial charge < -0.3 is 5.11 Å². The molecule has 0 aliphatic carbocycles. The van der Waals surface area contributed by atoms with E-state index >= 15 is 0 Å². The number of carboxylic acid groups (broad SMARTS) is 1. The highest BCUT2D eigenvalue weighted by molar-refractivity contribution is 5.80. The lowest BCUT2D eigenvalue weighted by molar-refractivity contribution is -0.142. The van der Waals surface area contributed by atoms with E-state index in [1.807, 2.05) is 24.3 Å². The van der Waals surface area contributed by atoms with Crippen LogP contribution in [0.5, 0.6) is 0 Å². The van der Waals surface area contributed by atoms with Gasteiger partial charge in [0, 0.05) is 0 Å². The number of nitriles is 1. The van der Waals surface area contributed by atoms with Crippen LogP contribution >= 0.6 is 0 Å². The molecule has 0 saturated carbocycles. The number of hydrogen-bond acceptors (Lipinski definition) is 2. The number of nitrogens with zero attached hydrogens (tertiary/aromatic N) is 1. The van der Waals surface area contributed by atoms with Gasteiger partial charge in [-0.05, 0) is 25.0 Å². The maximum atomic E-state index is 11.1. The van der Waals surface area contributed by atoms with Crippen LogP contribution in [0.4, 0.5) is 0 Å². The molecule has 0 aromatic heterocycles. The molecule has 1 N–H and O–H groups in total. The van der Waals surface area contributed by atoms with Crippen LogP contribution in [0.3, 0.4) is 0 Å². The van der Waals surface area contributed by atoms with Crippen LogP contribution in [0.1, 0.15) is 31.4 Å². The molecule has 0 heterocycles. The predicted molar refractivity (Wildman–Crippen MR) is 66.4 cm³/mol. The van der Waals surface area contributed by atoms with Crippen molar-refractivity contribution < 1.29 is 9.90 Å². The maximum Gasteiger partial charge on any atom is 0.313 e. The van der Waals surface area contributed by atoms with Gasteiger partial charge in [0.2, 0.25) is 0 Å². The molecular weight excluding hydrogens is 214 g/mol. The van der Waals surface area contributed by atoms with Gasteiger partial charge in [-0.25, -0.2) is 0 Å². The molecule has 17 heavy (non-hydrogen) atoms. The fourth-order valence-electron chi connectivity index (χ4n) is 1.38. The molecule has 0 amide bonds. The first-order valence-electron chi connectivity index (χ1n) is 5.36.